The summed E-state index contributed by atoms with van der Waals surface area (Å²) in [6, 6.07) is 6.19. The third kappa shape index (κ3) is 2.85. The van der Waals surface area contributed by atoms with Gasteiger partial charge in [0.05, 0.1) is 5.56 Å². The smallest absolute Gasteiger partial charge is 0.371 e. The van der Waals surface area contributed by atoms with E-state index in [1.807, 2.05) is 6.92 Å². The van der Waals surface area contributed by atoms with E-state index in [4.69, 9.17) is 8.85 Å². The molecule has 2 aromatic carbocycles. The van der Waals surface area contributed by atoms with E-state index in [2.05, 4.69) is 0 Å². The van der Waals surface area contributed by atoms with Crippen LogP contribution in [0.2, 0.25) is 6.04 Å². The first kappa shape index (κ1) is 18.6. The van der Waals surface area contributed by atoms with Gasteiger partial charge in [-0.1, -0.05) is 31.2 Å². The Labute approximate surface area is 137 Å². The number of rotatable bonds is 5. The van der Waals surface area contributed by atoms with E-state index >= 15 is 0 Å². The molecule has 0 spiro atoms. The first-order valence-corrected chi connectivity index (χ1v) is 9.08. The third-order valence-corrected chi connectivity index (χ3v) is 7.37. The van der Waals surface area contributed by atoms with Crippen molar-refractivity contribution in [2.24, 2.45) is 0 Å². The molecule has 8 heteroatoms. The largest absolute Gasteiger partial charge is 0.394 e. The van der Waals surface area contributed by atoms with Gasteiger partial charge >= 0.3 is 8.56 Å². The summed E-state index contributed by atoms with van der Waals surface area (Å²) >= 11 is 0. The average Bonchev–Trinajstić information content (AvgIpc) is 2.61. The molecule has 0 aliphatic rings. The molecule has 0 saturated heterocycles. The molecule has 0 aliphatic carbocycles. The number of hydrogen-bond donors (Lipinski definition) is 0. The molecular formula is C16H15F5O2Si. The summed E-state index contributed by atoms with van der Waals surface area (Å²) in [4.78, 5) is 0. The van der Waals surface area contributed by atoms with Crippen molar-refractivity contribution in [3.63, 3.8) is 0 Å². The van der Waals surface area contributed by atoms with E-state index in [9.17, 15) is 22.0 Å². The van der Waals surface area contributed by atoms with E-state index in [0.29, 0.717) is 11.2 Å². The molecule has 2 nitrogen and oxygen atoms in total. The van der Waals surface area contributed by atoms with E-state index < -0.39 is 43.2 Å². The minimum Gasteiger partial charge on any atom is -0.394 e. The maximum absolute atomic E-state index is 14.0. The second-order valence-corrected chi connectivity index (χ2v) is 8.65. The molecule has 2 rings (SSSR count). The molecule has 0 aromatic heterocycles. The van der Waals surface area contributed by atoms with Gasteiger partial charge in [0, 0.05) is 14.2 Å². The van der Waals surface area contributed by atoms with Gasteiger partial charge in [0.2, 0.25) is 5.82 Å². The van der Waals surface area contributed by atoms with E-state index in [-0.39, 0.29) is 5.56 Å². The molecule has 0 fully saturated rings. The minimum absolute atomic E-state index is 0.139. The summed E-state index contributed by atoms with van der Waals surface area (Å²) in [5.41, 5.74) is -1.11. The fourth-order valence-electron chi connectivity index (χ4n) is 2.58. The fraction of sp³-hybridized carbons (Fsp3) is 0.250. The van der Waals surface area contributed by atoms with Crippen molar-refractivity contribution in [3.8, 4) is 11.1 Å². The molecule has 0 amide bonds. The molecule has 0 saturated carbocycles. The molecule has 0 atom stereocenters. The van der Waals surface area contributed by atoms with Crippen LogP contribution >= 0.6 is 0 Å². The lowest BCUT2D eigenvalue weighted by atomic mass is 10.0. The van der Waals surface area contributed by atoms with E-state index in [1.165, 1.54) is 32.4 Å². The highest BCUT2D eigenvalue weighted by atomic mass is 28.4. The van der Waals surface area contributed by atoms with Crippen LogP contribution < -0.4 is 5.19 Å². The normalized spacial score (nSPS) is 11.8. The predicted molar refractivity (Wildman–Crippen MR) is 81.6 cm³/mol. The van der Waals surface area contributed by atoms with Crippen molar-refractivity contribution in [3.05, 3.63) is 53.4 Å². The van der Waals surface area contributed by atoms with Crippen LogP contribution in [0.15, 0.2) is 24.3 Å². The highest BCUT2D eigenvalue weighted by Gasteiger charge is 2.36. The van der Waals surface area contributed by atoms with Crippen LogP contribution in [0.4, 0.5) is 22.0 Å². The molecule has 130 valence electrons. The monoisotopic (exact) mass is 362 g/mol. The highest BCUT2D eigenvalue weighted by Crippen LogP contribution is 2.31. The molecule has 2 aromatic rings. The maximum Gasteiger partial charge on any atom is 0.371 e. The maximum atomic E-state index is 14.0. The summed E-state index contributed by atoms with van der Waals surface area (Å²) in [5, 5.41) is 0.524. The third-order valence-electron chi connectivity index (χ3n) is 3.93. The van der Waals surface area contributed by atoms with Crippen molar-refractivity contribution in [1.29, 1.82) is 0 Å². The van der Waals surface area contributed by atoms with Crippen molar-refractivity contribution < 1.29 is 30.8 Å². The van der Waals surface area contributed by atoms with Crippen molar-refractivity contribution in [2.45, 2.75) is 13.0 Å². The Morgan fingerprint density at radius 3 is 1.79 bits per heavy atom. The van der Waals surface area contributed by atoms with E-state index in [1.54, 1.807) is 6.07 Å². The topological polar surface area (TPSA) is 18.5 Å². The van der Waals surface area contributed by atoms with Crippen LogP contribution in [0.3, 0.4) is 0 Å². The number of hydrogen-bond acceptors (Lipinski definition) is 2. The lowest BCUT2D eigenvalue weighted by Crippen LogP contribution is -2.51. The Bertz CT molecular complexity index is 725. The summed E-state index contributed by atoms with van der Waals surface area (Å²) in [6.45, 7) is 1.82. The Balaban J connectivity index is 2.71. The lowest BCUT2D eigenvalue weighted by Gasteiger charge is -2.26. The predicted octanol–water partition coefficient (Wildman–Crippen LogP) is 4.01. The summed E-state index contributed by atoms with van der Waals surface area (Å²) in [5.74, 6) is -9.89. The minimum atomic E-state index is -2.84. The lowest BCUT2D eigenvalue weighted by molar-refractivity contribution is 0.259. The van der Waals surface area contributed by atoms with E-state index in [0.717, 1.165) is 0 Å². The number of benzene rings is 2. The average molecular weight is 362 g/mol. The Kier molecular flexibility index (Phi) is 5.41. The fourth-order valence-corrected chi connectivity index (χ4v) is 4.93. The molecule has 0 unspecified atom stereocenters. The van der Waals surface area contributed by atoms with Gasteiger partial charge in [0.1, 0.15) is 0 Å². The van der Waals surface area contributed by atoms with Crippen molar-refractivity contribution >= 4 is 13.7 Å². The zero-order chi connectivity index (χ0) is 18.1. The standard InChI is InChI=1S/C16H15F5O2Si/c1-4-24(22-2,23-3)10-7-5-6-9(8-10)11-12(17)14(19)16(21)15(20)13(11)18/h5-8H,4H2,1-3H3. The zero-order valence-electron chi connectivity index (χ0n) is 13.2. The van der Waals surface area contributed by atoms with Gasteiger partial charge in [-0.15, -0.1) is 0 Å². The van der Waals surface area contributed by atoms with Gasteiger partial charge in [-0.3, -0.25) is 0 Å². The molecule has 24 heavy (non-hydrogen) atoms. The quantitative estimate of drug-likeness (QED) is 0.346. The first-order valence-electron chi connectivity index (χ1n) is 7.05. The van der Waals surface area contributed by atoms with Crippen LogP contribution in [0.1, 0.15) is 6.92 Å². The summed E-state index contributed by atoms with van der Waals surface area (Å²) < 4.78 is 78.9. The Morgan fingerprint density at radius 1 is 0.833 bits per heavy atom. The molecule has 0 aliphatic heterocycles. The Hall–Kier alpha value is -1.77. The SMILES string of the molecule is CC[Si](OC)(OC)c1cccc(-c2c(F)c(F)c(F)c(F)c2F)c1. The van der Waals surface area contributed by atoms with Crippen LogP contribution in [-0.4, -0.2) is 22.8 Å². The highest BCUT2D eigenvalue weighted by molar-refractivity contribution is 6.81. The van der Waals surface area contributed by atoms with Gasteiger partial charge in [-0.25, -0.2) is 22.0 Å². The number of halogens is 5. The van der Waals surface area contributed by atoms with Crippen LogP contribution in [0, 0.1) is 29.1 Å². The molecule has 0 bridgehead atoms. The molecule has 0 N–H and O–H groups in total. The van der Waals surface area contributed by atoms with Gasteiger partial charge < -0.3 is 8.85 Å². The second kappa shape index (κ2) is 7.00. The second-order valence-electron chi connectivity index (χ2n) is 5.04. The zero-order valence-corrected chi connectivity index (χ0v) is 14.2. The Morgan fingerprint density at radius 2 is 1.33 bits per heavy atom. The van der Waals surface area contributed by atoms with Crippen LogP contribution in [-0.2, 0) is 8.85 Å². The van der Waals surface area contributed by atoms with Gasteiger partial charge in [-0.2, -0.15) is 0 Å². The molecular weight excluding hydrogens is 347 g/mol. The van der Waals surface area contributed by atoms with Gasteiger partial charge in [0.25, 0.3) is 0 Å². The molecule has 0 radical (unpaired) electrons. The summed E-state index contributed by atoms with van der Waals surface area (Å²) in [6.07, 6.45) is 0. The van der Waals surface area contributed by atoms with Crippen LogP contribution in [0.25, 0.3) is 11.1 Å². The summed E-state index contributed by atoms with van der Waals surface area (Å²) in [7, 11) is 0.0603. The van der Waals surface area contributed by atoms with Gasteiger partial charge in [0.15, 0.2) is 23.3 Å². The van der Waals surface area contributed by atoms with Gasteiger partial charge in [-0.05, 0) is 16.8 Å². The van der Waals surface area contributed by atoms with Crippen molar-refractivity contribution in [2.75, 3.05) is 14.2 Å². The van der Waals surface area contributed by atoms with Crippen LogP contribution in [0.5, 0.6) is 0 Å². The molecule has 0 heterocycles. The van der Waals surface area contributed by atoms with Crippen molar-refractivity contribution in [1.82, 2.24) is 0 Å². The first-order chi connectivity index (χ1) is 11.3.